The number of aromatic nitrogens is 1. The molecule has 1 aromatic heterocycles. The molecule has 76 valence electrons. The fourth-order valence-electron chi connectivity index (χ4n) is 0.844. The highest BCUT2D eigenvalue weighted by molar-refractivity contribution is 6.29. The zero-order valence-electron chi connectivity index (χ0n) is 7.13. The van der Waals surface area contributed by atoms with E-state index in [1.54, 1.807) is 0 Å². The SMILES string of the molecule is COC(=O)C(F)(F)c1ccnc(Cl)c1. The van der Waals surface area contributed by atoms with Gasteiger partial charge in [0.15, 0.2) is 0 Å². The quantitative estimate of drug-likeness (QED) is 0.566. The van der Waals surface area contributed by atoms with Crippen LogP contribution in [-0.2, 0) is 15.5 Å². The summed E-state index contributed by atoms with van der Waals surface area (Å²) in [6.07, 6.45) is 1.09. The summed E-state index contributed by atoms with van der Waals surface area (Å²) in [6.45, 7) is 0. The Balaban J connectivity index is 3.09. The lowest BCUT2D eigenvalue weighted by Crippen LogP contribution is -2.27. The van der Waals surface area contributed by atoms with Gasteiger partial charge in [-0.25, -0.2) is 9.78 Å². The first kappa shape index (κ1) is 10.8. The molecule has 0 aliphatic carbocycles. The monoisotopic (exact) mass is 221 g/mol. The van der Waals surface area contributed by atoms with Crippen LogP contribution in [0, 0.1) is 0 Å². The summed E-state index contributed by atoms with van der Waals surface area (Å²) in [4.78, 5) is 14.2. The summed E-state index contributed by atoms with van der Waals surface area (Å²) in [5.41, 5.74) is -0.538. The number of esters is 1. The normalized spacial score (nSPS) is 11.1. The van der Waals surface area contributed by atoms with E-state index >= 15 is 0 Å². The van der Waals surface area contributed by atoms with Crippen molar-refractivity contribution in [3.63, 3.8) is 0 Å². The Bertz CT molecular complexity index is 357. The van der Waals surface area contributed by atoms with Gasteiger partial charge in [0, 0.05) is 11.8 Å². The molecule has 0 radical (unpaired) electrons. The maximum Gasteiger partial charge on any atom is 0.381 e. The van der Waals surface area contributed by atoms with Crippen LogP contribution in [0.15, 0.2) is 18.3 Å². The zero-order chi connectivity index (χ0) is 10.8. The molecular weight excluding hydrogens is 216 g/mol. The van der Waals surface area contributed by atoms with E-state index in [0.29, 0.717) is 0 Å². The molecule has 1 heterocycles. The Morgan fingerprint density at radius 1 is 1.64 bits per heavy atom. The lowest BCUT2D eigenvalue weighted by molar-refractivity contribution is -0.170. The van der Waals surface area contributed by atoms with Crippen molar-refractivity contribution in [3.8, 4) is 0 Å². The van der Waals surface area contributed by atoms with Gasteiger partial charge in [-0.15, -0.1) is 0 Å². The van der Waals surface area contributed by atoms with Gasteiger partial charge in [0.25, 0.3) is 0 Å². The van der Waals surface area contributed by atoms with Gasteiger partial charge in [-0.05, 0) is 12.1 Å². The van der Waals surface area contributed by atoms with E-state index in [4.69, 9.17) is 11.6 Å². The molecule has 0 aliphatic rings. The van der Waals surface area contributed by atoms with Crippen LogP contribution in [0.3, 0.4) is 0 Å². The number of methoxy groups -OCH3 is 1. The standard InChI is InChI=1S/C8H6ClF2NO2/c1-14-7(13)8(10,11)5-2-3-12-6(9)4-5/h2-4H,1H3. The molecule has 0 N–H and O–H groups in total. The lowest BCUT2D eigenvalue weighted by Gasteiger charge is -2.13. The van der Waals surface area contributed by atoms with Crippen LogP contribution in [0.5, 0.6) is 0 Å². The summed E-state index contributed by atoms with van der Waals surface area (Å²) in [7, 11) is 0.888. The summed E-state index contributed by atoms with van der Waals surface area (Å²) in [5, 5.41) is -0.105. The van der Waals surface area contributed by atoms with Gasteiger partial charge >= 0.3 is 11.9 Å². The average Bonchev–Trinajstić information content (AvgIpc) is 2.16. The molecule has 6 heteroatoms. The molecule has 0 aliphatic heterocycles. The number of pyridine rings is 1. The number of hydrogen-bond acceptors (Lipinski definition) is 3. The van der Waals surface area contributed by atoms with Crippen LogP contribution in [-0.4, -0.2) is 18.1 Å². The van der Waals surface area contributed by atoms with Crippen LogP contribution < -0.4 is 0 Å². The predicted molar refractivity (Wildman–Crippen MR) is 45.2 cm³/mol. The van der Waals surface area contributed by atoms with Gasteiger partial charge in [0.05, 0.1) is 7.11 Å². The first-order valence-electron chi connectivity index (χ1n) is 3.56. The van der Waals surface area contributed by atoms with E-state index in [1.807, 2.05) is 0 Å². The van der Waals surface area contributed by atoms with Crippen molar-refractivity contribution in [1.29, 1.82) is 0 Å². The molecule has 1 rings (SSSR count). The summed E-state index contributed by atoms with van der Waals surface area (Å²) < 4.78 is 30.3. The Kier molecular flexibility index (Phi) is 3.00. The predicted octanol–water partition coefficient (Wildman–Crippen LogP) is 2.00. The topological polar surface area (TPSA) is 39.2 Å². The molecule has 14 heavy (non-hydrogen) atoms. The number of carbonyl (C=O) groups is 1. The second-order valence-corrected chi connectivity index (χ2v) is 2.82. The average molecular weight is 222 g/mol. The van der Waals surface area contributed by atoms with Crippen LogP contribution in [0.25, 0.3) is 0 Å². The number of nitrogens with zero attached hydrogens (tertiary/aromatic N) is 1. The van der Waals surface area contributed by atoms with Crippen molar-refractivity contribution in [2.24, 2.45) is 0 Å². The second kappa shape index (κ2) is 3.88. The molecule has 0 spiro atoms. The smallest absolute Gasteiger partial charge is 0.381 e. The second-order valence-electron chi connectivity index (χ2n) is 2.43. The number of hydrogen-bond donors (Lipinski definition) is 0. The van der Waals surface area contributed by atoms with Crippen molar-refractivity contribution < 1.29 is 18.3 Å². The number of alkyl halides is 2. The third kappa shape index (κ3) is 1.98. The van der Waals surface area contributed by atoms with E-state index in [-0.39, 0.29) is 5.15 Å². The molecule has 0 aromatic carbocycles. The first-order valence-corrected chi connectivity index (χ1v) is 3.94. The third-order valence-corrected chi connectivity index (χ3v) is 1.74. The van der Waals surface area contributed by atoms with Gasteiger partial charge in [-0.1, -0.05) is 11.6 Å². The molecule has 0 atom stereocenters. The molecule has 0 fully saturated rings. The summed E-state index contributed by atoms with van der Waals surface area (Å²) >= 11 is 5.40. The van der Waals surface area contributed by atoms with Gasteiger partial charge in [-0.3, -0.25) is 0 Å². The molecule has 3 nitrogen and oxygen atoms in total. The molecule has 0 unspecified atom stereocenters. The maximum atomic E-state index is 13.2. The van der Waals surface area contributed by atoms with Crippen molar-refractivity contribution in [1.82, 2.24) is 4.98 Å². The van der Waals surface area contributed by atoms with Crippen LogP contribution in [0.1, 0.15) is 5.56 Å². The molecule has 0 saturated heterocycles. The van der Waals surface area contributed by atoms with Crippen molar-refractivity contribution in [3.05, 3.63) is 29.0 Å². The fourth-order valence-corrected chi connectivity index (χ4v) is 1.02. The Morgan fingerprint density at radius 2 is 2.29 bits per heavy atom. The van der Waals surface area contributed by atoms with Crippen molar-refractivity contribution in [2.75, 3.05) is 7.11 Å². The van der Waals surface area contributed by atoms with E-state index < -0.39 is 17.5 Å². The highest BCUT2D eigenvalue weighted by Crippen LogP contribution is 2.29. The van der Waals surface area contributed by atoms with Crippen LogP contribution >= 0.6 is 11.6 Å². The van der Waals surface area contributed by atoms with Gasteiger partial charge in [0.2, 0.25) is 0 Å². The summed E-state index contributed by atoms with van der Waals surface area (Å²) in [6, 6.07) is 1.92. The van der Waals surface area contributed by atoms with E-state index in [0.717, 1.165) is 25.4 Å². The first-order chi connectivity index (χ1) is 6.48. The van der Waals surface area contributed by atoms with Gasteiger partial charge in [0.1, 0.15) is 5.15 Å². The Morgan fingerprint density at radius 3 is 2.79 bits per heavy atom. The maximum absolute atomic E-state index is 13.2. The lowest BCUT2D eigenvalue weighted by atomic mass is 10.1. The number of rotatable bonds is 2. The number of ether oxygens (including phenoxy) is 1. The van der Waals surface area contributed by atoms with Crippen molar-refractivity contribution in [2.45, 2.75) is 5.92 Å². The minimum Gasteiger partial charge on any atom is -0.464 e. The fraction of sp³-hybridized carbons (Fsp3) is 0.250. The third-order valence-electron chi connectivity index (χ3n) is 1.53. The highest BCUT2D eigenvalue weighted by Gasteiger charge is 2.42. The van der Waals surface area contributed by atoms with Gasteiger partial charge in [-0.2, -0.15) is 8.78 Å². The zero-order valence-corrected chi connectivity index (χ0v) is 7.89. The molecule has 0 bridgehead atoms. The van der Waals surface area contributed by atoms with Gasteiger partial charge < -0.3 is 4.74 Å². The van der Waals surface area contributed by atoms with Crippen molar-refractivity contribution >= 4 is 17.6 Å². The minimum atomic E-state index is -3.69. The van der Waals surface area contributed by atoms with E-state index in [2.05, 4.69) is 9.72 Å². The number of carbonyl (C=O) groups excluding carboxylic acids is 1. The molecule has 0 amide bonds. The molecular formula is C8H6ClF2NO2. The molecule has 0 saturated carbocycles. The largest absolute Gasteiger partial charge is 0.464 e. The van der Waals surface area contributed by atoms with Crippen LogP contribution in [0.4, 0.5) is 8.78 Å². The highest BCUT2D eigenvalue weighted by atomic mass is 35.5. The minimum absolute atomic E-state index is 0.105. The number of halogens is 3. The molecule has 1 aromatic rings. The summed E-state index contributed by atoms with van der Waals surface area (Å²) in [5.74, 6) is -5.32. The Hall–Kier alpha value is -1.23. The van der Waals surface area contributed by atoms with E-state index in [9.17, 15) is 13.6 Å². The Labute approximate surface area is 83.7 Å². The van der Waals surface area contributed by atoms with E-state index in [1.165, 1.54) is 0 Å². The van der Waals surface area contributed by atoms with Crippen LogP contribution in [0.2, 0.25) is 5.15 Å².